The summed E-state index contributed by atoms with van der Waals surface area (Å²) >= 11 is 0. The Balaban J connectivity index is 2.16. The van der Waals surface area contributed by atoms with Crippen LogP contribution in [0.25, 0.3) is 16.9 Å². The molecule has 2 N–H and O–H groups in total. The number of nitrogens with two attached hydrogens (primary N) is 1. The minimum atomic E-state index is -0.273. The molecule has 0 spiro atoms. The zero-order valence-electron chi connectivity index (χ0n) is 10.1. The van der Waals surface area contributed by atoms with Crippen LogP contribution in [0.1, 0.15) is 0 Å². The summed E-state index contributed by atoms with van der Waals surface area (Å²) in [4.78, 5) is 0. The maximum absolute atomic E-state index is 13.0. The minimum Gasteiger partial charge on any atom is -0.396 e. The molecular formula is C15H12FN3. The van der Waals surface area contributed by atoms with Crippen LogP contribution in [0.15, 0.2) is 60.8 Å². The van der Waals surface area contributed by atoms with Gasteiger partial charge in [0.05, 0.1) is 23.3 Å². The van der Waals surface area contributed by atoms with Crippen molar-refractivity contribution in [3.63, 3.8) is 0 Å². The van der Waals surface area contributed by atoms with E-state index in [1.165, 1.54) is 12.1 Å². The fourth-order valence-electron chi connectivity index (χ4n) is 2.02. The zero-order chi connectivity index (χ0) is 13.2. The van der Waals surface area contributed by atoms with Crippen molar-refractivity contribution in [1.29, 1.82) is 0 Å². The van der Waals surface area contributed by atoms with Gasteiger partial charge < -0.3 is 5.73 Å². The van der Waals surface area contributed by atoms with Gasteiger partial charge >= 0.3 is 0 Å². The Morgan fingerprint density at radius 2 is 1.63 bits per heavy atom. The van der Waals surface area contributed by atoms with Crippen molar-refractivity contribution in [2.75, 3.05) is 5.73 Å². The van der Waals surface area contributed by atoms with Crippen LogP contribution in [0, 0.1) is 5.82 Å². The highest BCUT2D eigenvalue weighted by atomic mass is 19.1. The van der Waals surface area contributed by atoms with Gasteiger partial charge in [0.15, 0.2) is 0 Å². The number of benzene rings is 2. The Morgan fingerprint density at radius 1 is 0.947 bits per heavy atom. The van der Waals surface area contributed by atoms with Crippen molar-refractivity contribution in [1.82, 2.24) is 9.78 Å². The van der Waals surface area contributed by atoms with Gasteiger partial charge in [0.1, 0.15) is 5.82 Å². The van der Waals surface area contributed by atoms with Gasteiger partial charge in [-0.05, 0) is 24.3 Å². The van der Waals surface area contributed by atoms with E-state index >= 15 is 0 Å². The van der Waals surface area contributed by atoms with E-state index in [0.717, 1.165) is 16.9 Å². The quantitative estimate of drug-likeness (QED) is 0.761. The summed E-state index contributed by atoms with van der Waals surface area (Å²) in [6.07, 6.45) is 1.60. The van der Waals surface area contributed by atoms with Crippen molar-refractivity contribution in [2.45, 2.75) is 0 Å². The van der Waals surface area contributed by atoms with Gasteiger partial charge in [-0.25, -0.2) is 9.07 Å². The minimum absolute atomic E-state index is 0.273. The summed E-state index contributed by atoms with van der Waals surface area (Å²) in [6, 6.07) is 15.9. The lowest BCUT2D eigenvalue weighted by Gasteiger charge is -2.08. The molecule has 1 heterocycles. The lowest BCUT2D eigenvalue weighted by Crippen LogP contribution is -2.00. The molecule has 0 aliphatic rings. The third kappa shape index (κ3) is 2.08. The molecule has 3 nitrogen and oxygen atoms in total. The van der Waals surface area contributed by atoms with Crippen LogP contribution in [0.4, 0.5) is 10.1 Å². The number of rotatable bonds is 2. The Kier molecular flexibility index (Phi) is 2.76. The Morgan fingerprint density at radius 3 is 2.32 bits per heavy atom. The predicted molar refractivity (Wildman–Crippen MR) is 73.4 cm³/mol. The van der Waals surface area contributed by atoms with E-state index in [-0.39, 0.29) is 5.82 Å². The molecule has 0 unspecified atom stereocenters. The van der Waals surface area contributed by atoms with Crippen LogP contribution >= 0.6 is 0 Å². The van der Waals surface area contributed by atoms with Crippen LogP contribution in [0.3, 0.4) is 0 Å². The second-order valence-electron chi connectivity index (χ2n) is 4.20. The summed E-state index contributed by atoms with van der Waals surface area (Å²) in [5.74, 6) is -0.273. The topological polar surface area (TPSA) is 43.8 Å². The highest BCUT2D eigenvalue weighted by molar-refractivity contribution is 5.74. The van der Waals surface area contributed by atoms with Crippen LogP contribution in [0.2, 0.25) is 0 Å². The SMILES string of the molecule is Nc1cnn(-c2ccc(F)cc2)c1-c1ccccc1. The maximum Gasteiger partial charge on any atom is 0.123 e. The molecule has 0 aliphatic heterocycles. The molecule has 0 bridgehead atoms. The molecular weight excluding hydrogens is 241 g/mol. The zero-order valence-corrected chi connectivity index (χ0v) is 10.1. The number of hydrogen-bond acceptors (Lipinski definition) is 2. The third-order valence-electron chi connectivity index (χ3n) is 2.92. The second kappa shape index (κ2) is 4.57. The first-order valence-corrected chi connectivity index (χ1v) is 5.90. The maximum atomic E-state index is 13.0. The van der Waals surface area contributed by atoms with Crippen LogP contribution in [-0.2, 0) is 0 Å². The van der Waals surface area contributed by atoms with Gasteiger partial charge in [-0.15, -0.1) is 0 Å². The molecule has 0 fully saturated rings. The largest absolute Gasteiger partial charge is 0.396 e. The number of nitrogen functional groups attached to an aromatic ring is 1. The molecule has 0 saturated heterocycles. The van der Waals surface area contributed by atoms with Crippen molar-refractivity contribution >= 4 is 5.69 Å². The number of halogens is 1. The molecule has 4 heteroatoms. The highest BCUT2D eigenvalue weighted by Gasteiger charge is 2.11. The third-order valence-corrected chi connectivity index (χ3v) is 2.92. The Hall–Kier alpha value is -2.62. The van der Waals surface area contributed by atoms with Gasteiger partial charge in [0.2, 0.25) is 0 Å². The summed E-state index contributed by atoms with van der Waals surface area (Å²) in [7, 11) is 0. The lowest BCUT2D eigenvalue weighted by atomic mass is 10.1. The van der Waals surface area contributed by atoms with E-state index in [4.69, 9.17) is 5.73 Å². The molecule has 1 aromatic heterocycles. The molecule has 94 valence electrons. The van der Waals surface area contributed by atoms with Crippen molar-refractivity contribution in [3.8, 4) is 16.9 Å². The Bertz CT molecular complexity index is 687. The molecule has 0 radical (unpaired) electrons. The molecule has 0 aliphatic carbocycles. The standard InChI is InChI=1S/C15H12FN3/c16-12-6-8-13(9-7-12)19-15(14(17)10-18-19)11-4-2-1-3-5-11/h1-10H,17H2. The first kappa shape index (κ1) is 11.5. The van der Waals surface area contributed by atoms with E-state index < -0.39 is 0 Å². The van der Waals surface area contributed by atoms with E-state index in [1.807, 2.05) is 30.3 Å². The fraction of sp³-hybridized carbons (Fsp3) is 0. The average molecular weight is 253 g/mol. The smallest absolute Gasteiger partial charge is 0.123 e. The number of aromatic nitrogens is 2. The monoisotopic (exact) mass is 253 g/mol. The fourth-order valence-corrected chi connectivity index (χ4v) is 2.02. The molecule has 19 heavy (non-hydrogen) atoms. The number of anilines is 1. The number of nitrogens with zero attached hydrogens (tertiary/aromatic N) is 2. The summed E-state index contributed by atoms with van der Waals surface area (Å²) in [5.41, 5.74) is 9.14. The van der Waals surface area contributed by atoms with Gasteiger partial charge in [0, 0.05) is 5.56 Å². The first-order chi connectivity index (χ1) is 9.25. The average Bonchev–Trinajstić information content (AvgIpc) is 2.82. The summed E-state index contributed by atoms with van der Waals surface area (Å²) < 4.78 is 14.7. The van der Waals surface area contributed by atoms with Crippen molar-refractivity contribution in [3.05, 3.63) is 66.6 Å². The van der Waals surface area contributed by atoms with E-state index in [2.05, 4.69) is 5.10 Å². The van der Waals surface area contributed by atoms with Crippen LogP contribution in [-0.4, -0.2) is 9.78 Å². The molecule has 2 aromatic carbocycles. The van der Waals surface area contributed by atoms with Gasteiger partial charge in [-0.2, -0.15) is 5.10 Å². The van der Waals surface area contributed by atoms with Crippen LogP contribution in [0.5, 0.6) is 0 Å². The normalized spacial score (nSPS) is 10.6. The van der Waals surface area contributed by atoms with E-state index in [9.17, 15) is 4.39 Å². The molecule has 0 saturated carbocycles. The van der Waals surface area contributed by atoms with E-state index in [0.29, 0.717) is 5.69 Å². The first-order valence-electron chi connectivity index (χ1n) is 5.90. The molecule has 0 amide bonds. The second-order valence-corrected chi connectivity index (χ2v) is 4.20. The molecule has 0 atom stereocenters. The molecule has 3 aromatic rings. The molecule has 3 rings (SSSR count). The Labute approximate surface area is 110 Å². The van der Waals surface area contributed by atoms with Gasteiger partial charge in [-0.1, -0.05) is 30.3 Å². The van der Waals surface area contributed by atoms with E-state index in [1.54, 1.807) is 23.0 Å². The van der Waals surface area contributed by atoms with Crippen LogP contribution < -0.4 is 5.73 Å². The summed E-state index contributed by atoms with van der Waals surface area (Å²) in [5, 5.41) is 4.26. The van der Waals surface area contributed by atoms with Crippen molar-refractivity contribution < 1.29 is 4.39 Å². The highest BCUT2D eigenvalue weighted by Crippen LogP contribution is 2.27. The van der Waals surface area contributed by atoms with Crippen molar-refractivity contribution in [2.24, 2.45) is 0 Å². The van der Waals surface area contributed by atoms with Gasteiger partial charge in [-0.3, -0.25) is 0 Å². The lowest BCUT2D eigenvalue weighted by molar-refractivity contribution is 0.627. The summed E-state index contributed by atoms with van der Waals surface area (Å²) in [6.45, 7) is 0. The predicted octanol–water partition coefficient (Wildman–Crippen LogP) is 3.26. The number of hydrogen-bond donors (Lipinski definition) is 1. The van der Waals surface area contributed by atoms with Gasteiger partial charge in [0.25, 0.3) is 0 Å².